The van der Waals surface area contributed by atoms with Gasteiger partial charge in [0.05, 0.1) is 5.88 Å². The van der Waals surface area contributed by atoms with Gasteiger partial charge in [-0.05, 0) is 19.8 Å². The summed E-state index contributed by atoms with van der Waals surface area (Å²) in [6, 6.07) is -0.0385. The van der Waals surface area contributed by atoms with Crippen LogP contribution >= 0.6 is 0 Å². The van der Waals surface area contributed by atoms with Crippen molar-refractivity contribution >= 4 is 17.0 Å². The van der Waals surface area contributed by atoms with Gasteiger partial charge in [-0.2, -0.15) is 0 Å². The zero-order valence-corrected chi connectivity index (χ0v) is 9.57. The molecule has 5 nitrogen and oxygen atoms in total. The lowest BCUT2D eigenvalue weighted by Crippen LogP contribution is -2.52. The molecule has 15 heavy (non-hydrogen) atoms. The van der Waals surface area contributed by atoms with Gasteiger partial charge in [0.2, 0.25) is 0 Å². The number of nitrogens with zero attached hydrogens (tertiary/aromatic N) is 2. The van der Waals surface area contributed by atoms with Gasteiger partial charge in [0.25, 0.3) is 0 Å². The average Bonchev–Trinajstić information content (AvgIpc) is 3.00. The van der Waals surface area contributed by atoms with Gasteiger partial charge < -0.3 is 5.11 Å². The average molecular weight is 232 g/mol. The van der Waals surface area contributed by atoms with Gasteiger partial charge in [0.15, 0.2) is 0 Å². The molecule has 2 rings (SSSR count). The standard InChI is InChI=1S/C9H16N2O3S/c1-7(9(12)13)10-4-5-11(8-2-3-8)15(14)6-10/h7-8H,2-6H2,1H3,(H,12,13)/t7-,15?/m1/s1. The number of aliphatic carboxylic acids is 1. The van der Waals surface area contributed by atoms with Gasteiger partial charge in [0, 0.05) is 19.1 Å². The van der Waals surface area contributed by atoms with Gasteiger partial charge in [-0.25, -0.2) is 8.51 Å². The summed E-state index contributed by atoms with van der Waals surface area (Å²) in [5.41, 5.74) is 0. The largest absolute Gasteiger partial charge is 0.480 e. The summed E-state index contributed by atoms with van der Waals surface area (Å²) in [6.07, 6.45) is 2.28. The molecule has 6 heteroatoms. The molecular weight excluding hydrogens is 216 g/mol. The van der Waals surface area contributed by atoms with E-state index in [2.05, 4.69) is 0 Å². The molecular formula is C9H16N2O3S. The molecule has 0 aromatic heterocycles. The summed E-state index contributed by atoms with van der Waals surface area (Å²) >= 11 is 0. The van der Waals surface area contributed by atoms with Crippen LogP contribution in [0.2, 0.25) is 0 Å². The highest BCUT2D eigenvalue weighted by Crippen LogP contribution is 2.29. The van der Waals surface area contributed by atoms with Crippen LogP contribution in [0, 0.1) is 0 Å². The smallest absolute Gasteiger partial charge is 0.320 e. The molecule has 86 valence electrons. The second kappa shape index (κ2) is 4.19. The Bertz CT molecular complexity index is 293. The van der Waals surface area contributed by atoms with Gasteiger partial charge in [-0.15, -0.1) is 0 Å². The lowest BCUT2D eigenvalue weighted by atomic mass is 10.3. The minimum Gasteiger partial charge on any atom is -0.480 e. The molecule has 0 aromatic rings. The Morgan fingerprint density at radius 1 is 1.47 bits per heavy atom. The van der Waals surface area contributed by atoms with Crippen molar-refractivity contribution in [2.75, 3.05) is 19.0 Å². The first-order chi connectivity index (χ1) is 7.09. The van der Waals surface area contributed by atoms with Crippen LogP contribution in [0.5, 0.6) is 0 Å². The van der Waals surface area contributed by atoms with Crippen molar-refractivity contribution in [3.05, 3.63) is 0 Å². The molecule has 0 amide bonds. The molecule has 1 aliphatic carbocycles. The Hall–Kier alpha value is -0.460. The zero-order chi connectivity index (χ0) is 11.0. The molecule has 2 aliphatic rings. The molecule has 2 atom stereocenters. The number of carbonyl (C=O) groups is 1. The summed E-state index contributed by atoms with van der Waals surface area (Å²) in [4.78, 5) is 12.6. The Morgan fingerprint density at radius 3 is 2.60 bits per heavy atom. The molecule has 1 saturated heterocycles. The lowest BCUT2D eigenvalue weighted by molar-refractivity contribution is -0.142. The summed E-state index contributed by atoms with van der Waals surface area (Å²) in [7, 11) is -1.02. The first-order valence-corrected chi connectivity index (χ1v) is 6.49. The Kier molecular flexibility index (Phi) is 3.08. The maximum atomic E-state index is 11.8. The summed E-state index contributed by atoms with van der Waals surface area (Å²) in [6.45, 7) is 3.08. The number of hydrogen-bond donors (Lipinski definition) is 1. The van der Waals surface area contributed by atoms with Crippen LogP contribution in [0.4, 0.5) is 0 Å². The van der Waals surface area contributed by atoms with Crippen molar-refractivity contribution in [3.8, 4) is 0 Å². The monoisotopic (exact) mass is 232 g/mol. The predicted molar refractivity (Wildman–Crippen MR) is 56.5 cm³/mol. The first-order valence-electron chi connectivity index (χ1n) is 5.21. The summed E-state index contributed by atoms with van der Waals surface area (Å²) in [5, 5.41) is 8.85. The Balaban J connectivity index is 1.92. The fraction of sp³-hybridized carbons (Fsp3) is 0.889. The maximum Gasteiger partial charge on any atom is 0.320 e. The summed E-state index contributed by atoms with van der Waals surface area (Å²) in [5.74, 6) is -0.476. The Morgan fingerprint density at radius 2 is 2.13 bits per heavy atom. The molecule has 0 aromatic carbocycles. The number of carboxylic acid groups (broad SMARTS) is 1. The highest BCUT2D eigenvalue weighted by atomic mass is 32.2. The minimum atomic E-state index is -1.02. The van der Waals surface area contributed by atoms with Crippen molar-refractivity contribution in [3.63, 3.8) is 0 Å². The molecule has 0 spiro atoms. The van der Waals surface area contributed by atoms with E-state index in [0.717, 1.165) is 19.4 Å². The highest BCUT2D eigenvalue weighted by Gasteiger charge is 2.37. The van der Waals surface area contributed by atoms with Crippen LogP contribution in [-0.2, 0) is 15.8 Å². The van der Waals surface area contributed by atoms with Crippen molar-refractivity contribution < 1.29 is 14.1 Å². The zero-order valence-electron chi connectivity index (χ0n) is 8.76. The first kappa shape index (κ1) is 11.0. The molecule has 1 saturated carbocycles. The van der Waals surface area contributed by atoms with Crippen LogP contribution in [0.1, 0.15) is 19.8 Å². The molecule has 0 bridgehead atoms. The van der Waals surface area contributed by atoms with Crippen molar-refractivity contribution in [1.82, 2.24) is 9.21 Å². The van der Waals surface area contributed by atoms with E-state index < -0.39 is 23.0 Å². The summed E-state index contributed by atoms with van der Waals surface area (Å²) < 4.78 is 13.8. The fourth-order valence-electron chi connectivity index (χ4n) is 1.78. The number of rotatable bonds is 3. The van der Waals surface area contributed by atoms with E-state index in [-0.39, 0.29) is 0 Å². The quantitative estimate of drug-likeness (QED) is 0.736. The molecule has 1 unspecified atom stereocenters. The third-order valence-electron chi connectivity index (χ3n) is 3.00. The third-order valence-corrected chi connectivity index (χ3v) is 4.56. The van der Waals surface area contributed by atoms with Gasteiger partial charge >= 0.3 is 5.97 Å². The van der Waals surface area contributed by atoms with E-state index >= 15 is 0 Å². The van der Waals surface area contributed by atoms with Crippen molar-refractivity contribution in [2.24, 2.45) is 0 Å². The fourth-order valence-corrected chi connectivity index (χ4v) is 3.40. The van der Waals surface area contributed by atoms with Crippen molar-refractivity contribution in [2.45, 2.75) is 31.8 Å². The second-order valence-electron chi connectivity index (χ2n) is 4.15. The van der Waals surface area contributed by atoms with Crippen LogP contribution in [0.25, 0.3) is 0 Å². The normalized spacial score (nSPS) is 31.4. The van der Waals surface area contributed by atoms with Crippen LogP contribution in [0.3, 0.4) is 0 Å². The van der Waals surface area contributed by atoms with E-state index in [0.29, 0.717) is 18.5 Å². The highest BCUT2D eigenvalue weighted by molar-refractivity contribution is 7.82. The van der Waals surface area contributed by atoms with E-state index in [1.807, 2.05) is 4.31 Å². The lowest BCUT2D eigenvalue weighted by Gasteiger charge is -2.35. The van der Waals surface area contributed by atoms with Crippen LogP contribution in [0.15, 0.2) is 0 Å². The second-order valence-corrected chi connectivity index (χ2v) is 5.52. The van der Waals surface area contributed by atoms with Crippen LogP contribution < -0.4 is 0 Å². The molecule has 1 heterocycles. The van der Waals surface area contributed by atoms with E-state index in [1.54, 1.807) is 11.8 Å². The van der Waals surface area contributed by atoms with Crippen molar-refractivity contribution in [1.29, 1.82) is 0 Å². The van der Waals surface area contributed by atoms with Gasteiger partial charge in [-0.1, -0.05) is 0 Å². The SMILES string of the molecule is C[C@H](C(=O)O)N1CCN(C2CC2)S(=O)C1. The third kappa shape index (κ3) is 2.38. The minimum absolute atomic E-state index is 0.365. The molecule has 0 radical (unpaired) electrons. The topological polar surface area (TPSA) is 60.9 Å². The Labute approximate surface area is 91.6 Å². The van der Waals surface area contributed by atoms with Crippen LogP contribution in [-0.4, -0.2) is 55.5 Å². The van der Waals surface area contributed by atoms with E-state index in [9.17, 15) is 9.00 Å². The van der Waals surface area contributed by atoms with Gasteiger partial charge in [0.1, 0.15) is 17.0 Å². The van der Waals surface area contributed by atoms with E-state index in [1.165, 1.54) is 0 Å². The number of carboxylic acids is 1. The van der Waals surface area contributed by atoms with Gasteiger partial charge in [-0.3, -0.25) is 9.69 Å². The molecule has 2 fully saturated rings. The predicted octanol–water partition coefficient (Wildman–Crippen LogP) is -0.139. The van der Waals surface area contributed by atoms with E-state index in [4.69, 9.17) is 5.11 Å². The maximum absolute atomic E-state index is 11.8. The molecule has 1 aliphatic heterocycles. The number of hydrogen-bond acceptors (Lipinski definition) is 3. The molecule has 1 N–H and O–H groups in total.